The van der Waals surface area contributed by atoms with Crippen molar-refractivity contribution in [2.24, 2.45) is 0 Å². The Kier molecular flexibility index (Phi) is 6.48. The molecular formula is C22H20BrClP+. The molecule has 3 rings (SSSR count). The molecule has 0 aliphatic carbocycles. The van der Waals surface area contributed by atoms with Crippen LogP contribution >= 0.6 is 34.8 Å². The highest BCUT2D eigenvalue weighted by atomic mass is 79.9. The number of allylic oxidation sites excluding steroid dienone is 2. The zero-order chi connectivity index (χ0) is 17.5. The van der Waals surface area contributed by atoms with Gasteiger partial charge in [0.05, 0.1) is 6.16 Å². The molecule has 3 aromatic carbocycles. The third-order valence-electron chi connectivity index (χ3n) is 4.31. The Bertz CT molecular complexity index is 720. The molecule has 0 nitrogen and oxygen atoms in total. The molecule has 25 heavy (non-hydrogen) atoms. The first-order valence-electron chi connectivity index (χ1n) is 8.23. The Balaban J connectivity index is 2.27. The molecule has 0 heterocycles. The van der Waals surface area contributed by atoms with Crippen LogP contribution in [0.15, 0.2) is 102 Å². The molecule has 3 heteroatoms. The Labute approximate surface area is 164 Å². The minimum absolute atomic E-state index is 0.687. The van der Waals surface area contributed by atoms with E-state index in [1.807, 2.05) is 0 Å². The van der Waals surface area contributed by atoms with Crippen molar-refractivity contribution in [2.45, 2.75) is 0 Å². The van der Waals surface area contributed by atoms with Crippen LogP contribution in [0, 0.1) is 0 Å². The molecule has 126 valence electrons. The maximum absolute atomic E-state index is 6.37. The van der Waals surface area contributed by atoms with E-state index in [-0.39, 0.29) is 0 Å². The van der Waals surface area contributed by atoms with Gasteiger partial charge in [0.15, 0.2) is 0 Å². The second kappa shape index (κ2) is 8.81. The van der Waals surface area contributed by atoms with Gasteiger partial charge < -0.3 is 0 Å². The second-order valence-electron chi connectivity index (χ2n) is 5.78. The van der Waals surface area contributed by atoms with Crippen molar-refractivity contribution >= 4 is 50.7 Å². The topological polar surface area (TPSA) is 0 Å². The van der Waals surface area contributed by atoms with Gasteiger partial charge in [0, 0.05) is 10.4 Å². The maximum Gasteiger partial charge on any atom is 0.116 e. The number of hydrogen-bond donors (Lipinski definition) is 0. The quantitative estimate of drug-likeness (QED) is 0.358. The summed E-state index contributed by atoms with van der Waals surface area (Å²) in [5.74, 6) is 0. The Morgan fingerprint density at radius 3 is 1.40 bits per heavy atom. The number of alkyl halides is 1. The minimum atomic E-state index is -1.80. The second-order valence-corrected chi connectivity index (χ2v) is 10.4. The van der Waals surface area contributed by atoms with E-state index in [2.05, 4.69) is 113 Å². The average molecular weight is 431 g/mol. The van der Waals surface area contributed by atoms with E-state index < -0.39 is 7.26 Å². The molecule has 0 aliphatic rings. The predicted octanol–water partition coefficient (Wildman–Crippen LogP) is 5.50. The fraction of sp³-hybridized carbons (Fsp3) is 0.0909. The summed E-state index contributed by atoms with van der Waals surface area (Å²) in [6, 6.07) is 32.5. The van der Waals surface area contributed by atoms with Crippen molar-refractivity contribution in [1.29, 1.82) is 0 Å². The van der Waals surface area contributed by atoms with Gasteiger partial charge in [-0.25, -0.2) is 0 Å². The maximum atomic E-state index is 6.37. The molecule has 0 unspecified atom stereocenters. The van der Waals surface area contributed by atoms with Crippen molar-refractivity contribution in [1.82, 2.24) is 0 Å². The van der Waals surface area contributed by atoms with Crippen molar-refractivity contribution in [3.8, 4) is 0 Å². The van der Waals surface area contributed by atoms with Gasteiger partial charge in [0.1, 0.15) is 23.2 Å². The Hall–Kier alpha value is -1.40. The molecule has 0 saturated carbocycles. The van der Waals surface area contributed by atoms with Gasteiger partial charge in [-0.3, -0.25) is 0 Å². The van der Waals surface area contributed by atoms with Gasteiger partial charge in [-0.15, -0.1) is 0 Å². The van der Waals surface area contributed by atoms with Crippen molar-refractivity contribution in [2.75, 3.05) is 11.5 Å². The molecule has 0 N–H and O–H groups in total. The smallest absolute Gasteiger partial charge is 0.0884 e. The normalized spacial score (nSPS) is 12.2. The van der Waals surface area contributed by atoms with Crippen LogP contribution < -0.4 is 15.9 Å². The van der Waals surface area contributed by atoms with E-state index >= 15 is 0 Å². The lowest BCUT2D eigenvalue weighted by Crippen LogP contribution is -2.33. The summed E-state index contributed by atoms with van der Waals surface area (Å²) in [6.45, 7) is 0. The van der Waals surface area contributed by atoms with Gasteiger partial charge >= 0.3 is 0 Å². The summed E-state index contributed by atoms with van der Waals surface area (Å²) in [7, 11) is -1.80. The van der Waals surface area contributed by atoms with Crippen LogP contribution in [0.5, 0.6) is 0 Å². The van der Waals surface area contributed by atoms with Crippen molar-refractivity contribution < 1.29 is 0 Å². The van der Waals surface area contributed by atoms with Gasteiger partial charge in [-0.1, -0.05) is 82.1 Å². The van der Waals surface area contributed by atoms with Crippen LogP contribution in [0.2, 0.25) is 0 Å². The molecule has 0 fully saturated rings. The third kappa shape index (κ3) is 4.06. The molecule has 0 amide bonds. The Morgan fingerprint density at radius 1 is 0.720 bits per heavy atom. The van der Waals surface area contributed by atoms with Crippen molar-refractivity contribution in [3.63, 3.8) is 0 Å². The number of hydrogen-bond acceptors (Lipinski definition) is 0. The summed E-state index contributed by atoms with van der Waals surface area (Å²) in [5, 5.41) is 5.67. The van der Waals surface area contributed by atoms with E-state index in [1.54, 1.807) is 0 Å². The van der Waals surface area contributed by atoms with E-state index in [1.165, 1.54) is 15.9 Å². The van der Waals surface area contributed by atoms with Gasteiger partial charge in [0.25, 0.3) is 0 Å². The zero-order valence-electron chi connectivity index (χ0n) is 13.9. The first kappa shape index (κ1) is 18.4. The zero-order valence-corrected chi connectivity index (χ0v) is 17.1. The van der Waals surface area contributed by atoms with Gasteiger partial charge in [-0.05, 0) is 42.5 Å². The highest BCUT2D eigenvalue weighted by Crippen LogP contribution is 2.55. The molecular weight excluding hydrogens is 411 g/mol. The molecule has 0 spiro atoms. The summed E-state index contributed by atoms with van der Waals surface area (Å²) < 4.78 is 0. The van der Waals surface area contributed by atoms with E-state index in [4.69, 9.17) is 11.6 Å². The first-order valence-corrected chi connectivity index (χ1v) is 11.7. The summed E-state index contributed by atoms with van der Waals surface area (Å²) in [6.07, 6.45) is 3.09. The van der Waals surface area contributed by atoms with Crippen LogP contribution in [0.4, 0.5) is 0 Å². The van der Waals surface area contributed by atoms with Crippen molar-refractivity contribution in [3.05, 3.63) is 102 Å². The fourth-order valence-electron chi connectivity index (χ4n) is 3.10. The fourth-order valence-corrected chi connectivity index (χ4v) is 7.58. The molecule has 0 radical (unpaired) electrons. The van der Waals surface area contributed by atoms with E-state index in [0.29, 0.717) is 5.33 Å². The largest absolute Gasteiger partial charge is 0.116 e. The van der Waals surface area contributed by atoms with Crippen LogP contribution in [-0.2, 0) is 0 Å². The molecule has 0 aliphatic heterocycles. The standard InChI is InChI=1S/C22H20BrClP/c23-18-19(24)16-17-25(20-10-4-1-5-11-20,21-12-6-2-7-13-21)22-14-8-3-9-15-22/h1-16H,17-18H2/q+1. The lowest BCUT2D eigenvalue weighted by molar-refractivity contribution is 1.59. The summed E-state index contributed by atoms with van der Waals surface area (Å²) in [4.78, 5) is 0. The lowest BCUT2D eigenvalue weighted by Gasteiger charge is -2.26. The van der Waals surface area contributed by atoms with Gasteiger partial charge in [0.2, 0.25) is 0 Å². The number of halogens is 2. The first-order chi connectivity index (χ1) is 12.3. The predicted molar refractivity (Wildman–Crippen MR) is 118 cm³/mol. The molecule has 0 saturated heterocycles. The summed E-state index contributed by atoms with van der Waals surface area (Å²) >= 11 is 9.83. The highest BCUT2D eigenvalue weighted by molar-refractivity contribution is 9.09. The van der Waals surface area contributed by atoms with E-state index in [9.17, 15) is 0 Å². The SMILES string of the molecule is ClC(=CC[P+](c1ccccc1)(c1ccccc1)c1ccccc1)CBr. The molecule has 0 bridgehead atoms. The average Bonchev–Trinajstić information content (AvgIpc) is 2.71. The lowest BCUT2D eigenvalue weighted by atomic mass is 10.4. The van der Waals surface area contributed by atoms with Gasteiger partial charge in [-0.2, -0.15) is 0 Å². The minimum Gasteiger partial charge on any atom is -0.0884 e. The molecule has 0 atom stereocenters. The number of rotatable bonds is 6. The van der Waals surface area contributed by atoms with Crippen LogP contribution in [0.1, 0.15) is 0 Å². The van der Waals surface area contributed by atoms with Crippen LogP contribution in [0.3, 0.4) is 0 Å². The third-order valence-corrected chi connectivity index (χ3v) is 9.79. The van der Waals surface area contributed by atoms with Crippen LogP contribution in [0.25, 0.3) is 0 Å². The number of benzene rings is 3. The monoisotopic (exact) mass is 429 g/mol. The molecule has 0 aromatic heterocycles. The highest BCUT2D eigenvalue weighted by Gasteiger charge is 2.44. The molecule has 3 aromatic rings. The van der Waals surface area contributed by atoms with Crippen LogP contribution in [-0.4, -0.2) is 11.5 Å². The summed E-state index contributed by atoms with van der Waals surface area (Å²) in [5.41, 5.74) is 0. The Morgan fingerprint density at radius 2 is 1.08 bits per heavy atom. The van der Waals surface area contributed by atoms with E-state index in [0.717, 1.165) is 11.2 Å².